The number of nitrogens with one attached hydrogen (secondary N) is 1. The van der Waals surface area contributed by atoms with Crippen LogP contribution >= 0.6 is 15.9 Å². The third-order valence-electron chi connectivity index (χ3n) is 5.81. The molecule has 1 atom stereocenters. The van der Waals surface area contributed by atoms with Gasteiger partial charge in [0.15, 0.2) is 11.5 Å². The minimum atomic E-state index is -0.669. The third kappa shape index (κ3) is 5.72. The Morgan fingerprint density at radius 3 is 2.19 bits per heavy atom. The van der Waals surface area contributed by atoms with E-state index in [1.165, 1.54) is 17.0 Å². The van der Waals surface area contributed by atoms with Crippen LogP contribution in [0.15, 0.2) is 59.1 Å². The quantitative estimate of drug-likeness (QED) is 0.361. The Kier molecular flexibility index (Phi) is 8.33. The zero-order chi connectivity index (χ0) is 26.5. The predicted octanol–water partition coefficient (Wildman–Crippen LogP) is 5.97. The van der Waals surface area contributed by atoms with Crippen LogP contribution in [0.1, 0.15) is 48.3 Å². The highest BCUT2D eigenvalue weighted by molar-refractivity contribution is 9.10. The summed E-state index contributed by atoms with van der Waals surface area (Å²) in [7, 11) is 0. The highest BCUT2D eigenvalue weighted by Gasteiger charge is 2.35. The van der Waals surface area contributed by atoms with Gasteiger partial charge in [-0.15, -0.1) is 0 Å². The molecule has 0 saturated heterocycles. The van der Waals surface area contributed by atoms with Crippen LogP contribution in [0.5, 0.6) is 17.2 Å². The Balaban J connectivity index is 1.88. The molecule has 1 heterocycles. The number of ether oxygens (including phenoxy) is 3. The number of fused-ring (bicyclic) bond motifs is 1. The zero-order valence-electron chi connectivity index (χ0n) is 20.8. The molecule has 0 unspecified atom stereocenters. The molecule has 1 aliphatic rings. The van der Waals surface area contributed by atoms with E-state index in [2.05, 4.69) is 21.2 Å². The third-order valence-corrected chi connectivity index (χ3v) is 6.30. The predicted molar refractivity (Wildman–Crippen MR) is 142 cm³/mol. The molecule has 0 aliphatic carbocycles. The standard InChI is InChI=1S/C28H28BrFN2O5/c1-4-35-23-13-18(14-24(36-5-2)27(23)37-6-3)28(34)32-16-25(33)31-22-12-9-19(29)15-21(22)26(32)17-7-10-20(30)11-8-17/h7-15,26H,4-6,16H2,1-3H3,(H,31,33)/t26-/m0/s1. The lowest BCUT2D eigenvalue weighted by Crippen LogP contribution is -2.39. The van der Waals surface area contributed by atoms with Crippen molar-refractivity contribution in [3.05, 3.63) is 81.6 Å². The summed E-state index contributed by atoms with van der Waals surface area (Å²) in [5, 5.41) is 2.89. The van der Waals surface area contributed by atoms with E-state index in [1.54, 1.807) is 30.3 Å². The molecule has 4 rings (SSSR count). The molecule has 1 N–H and O–H groups in total. The van der Waals surface area contributed by atoms with E-state index in [0.717, 1.165) is 4.47 Å². The van der Waals surface area contributed by atoms with E-state index in [9.17, 15) is 14.0 Å². The summed E-state index contributed by atoms with van der Waals surface area (Å²) in [6.07, 6.45) is 0. The lowest BCUT2D eigenvalue weighted by atomic mass is 9.95. The monoisotopic (exact) mass is 570 g/mol. The molecule has 9 heteroatoms. The molecular formula is C28H28BrFN2O5. The molecule has 0 aromatic heterocycles. The highest BCUT2D eigenvalue weighted by atomic mass is 79.9. The van der Waals surface area contributed by atoms with E-state index in [-0.39, 0.29) is 18.0 Å². The van der Waals surface area contributed by atoms with Gasteiger partial charge in [0.2, 0.25) is 11.7 Å². The van der Waals surface area contributed by atoms with Crippen LogP contribution in [0.2, 0.25) is 0 Å². The molecule has 7 nitrogen and oxygen atoms in total. The van der Waals surface area contributed by atoms with Gasteiger partial charge in [-0.1, -0.05) is 28.1 Å². The van der Waals surface area contributed by atoms with Crippen molar-refractivity contribution in [3.8, 4) is 17.2 Å². The number of hydrogen-bond donors (Lipinski definition) is 1. The summed E-state index contributed by atoms with van der Waals surface area (Å²) in [5.41, 5.74) is 2.20. The number of hydrogen-bond acceptors (Lipinski definition) is 5. The van der Waals surface area contributed by atoms with E-state index in [0.29, 0.717) is 53.9 Å². The fourth-order valence-corrected chi connectivity index (χ4v) is 4.73. The maximum Gasteiger partial charge on any atom is 0.255 e. The van der Waals surface area contributed by atoms with E-state index in [4.69, 9.17) is 14.2 Å². The molecule has 3 aromatic rings. The van der Waals surface area contributed by atoms with Crippen LogP contribution in [0.25, 0.3) is 0 Å². The Labute approximate surface area is 223 Å². The molecular weight excluding hydrogens is 543 g/mol. The minimum Gasteiger partial charge on any atom is -0.490 e. The molecule has 3 aromatic carbocycles. The SMILES string of the molecule is CCOc1cc(C(=O)N2CC(=O)Nc3ccc(Br)cc3[C@@H]2c2ccc(F)cc2)cc(OCC)c1OCC. The Morgan fingerprint density at radius 1 is 0.973 bits per heavy atom. The van der Waals surface area contributed by atoms with Gasteiger partial charge >= 0.3 is 0 Å². The number of benzene rings is 3. The lowest BCUT2D eigenvalue weighted by Gasteiger charge is -2.31. The van der Waals surface area contributed by atoms with Gasteiger partial charge in [-0.25, -0.2) is 4.39 Å². The summed E-state index contributed by atoms with van der Waals surface area (Å²) in [6, 6.07) is 13.9. The molecule has 0 fully saturated rings. The highest BCUT2D eigenvalue weighted by Crippen LogP contribution is 2.42. The van der Waals surface area contributed by atoms with Crippen LogP contribution in [-0.2, 0) is 4.79 Å². The van der Waals surface area contributed by atoms with Crippen molar-refractivity contribution in [1.29, 1.82) is 0 Å². The van der Waals surface area contributed by atoms with Crippen LogP contribution < -0.4 is 19.5 Å². The number of rotatable bonds is 8. The number of anilines is 1. The van der Waals surface area contributed by atoms with E-state index in [1.807, 2.05) is 32.9 Å². The smallest absolute Gasteiger partial charge is 0.255 e. The summed E-state index contributed by atoms with van der Waals surface area (Å²) >= 11 is 3.50. The Bertz CT molecular complexity index is 1270. The number of nitrogens with zero attached hydrogens (tertiary/aromatic N) is 1. The van der Waals surface area contributed by atoms with Crippen LogP contribution in [0, 0.1) is 5.82 Å². The fourth-order valence-electron chi connectivity index (χ4n) is 4.35. The second-order valence-corrected chi connectivity index (χ2v) is 9.18. The summed E-state index contributed by atoms with van der Waals surface area (Å²) in [6.45, 7) is 6.41. The van der Waals surface area contributed by atoms with Gasteiger partial charge in [0.05, 0.1) is 25.9 Å². The molecule has 0 bridgehead atoms. The van der Waals surface area contributed by atoms with Gasteiger partial charge in [-0.2, -0.15) is 0 Å². The van der Waals surface area contributed by atoms with Crippen LogP contribution in [0.4, 0.5) is 10.1 Å². The molecule has 2 amide bonds. The lowest BCUT2D eigenvalue weighted by molar-refractivity contribution is -0.117. The van der Waals surface area contributed by atoms with Gasteiger partial charge in [0.25, 0.3) is 5.91 Å². The topological polar surface area (TPSA) is 77.1 Å². The first-order valence-electron chi connectivity index (χ1n) is 12.1. The van der Waals surface area contributed by atoms with Crippen molar-refractivity contribution < 1.29 is 28.2 Å². The fraction of sp³-hybridized carbons (Fsp3) is 0.286. The average molecular weight is 571 g/mol. The maximum atomic E-state index is 14.1. The van der Waals surface area contributed by atoms with Gasteiger partial charge in [-0.3, -0.25) is 9.59 Å². The number of halogens is 2. The van der Waals surface area contributed by atoms with Crippen LogP contribution in [-0.4, -0.2) is 43.1 Å². The maximum absolute atomic E-state index is 14.1. The van der Waals surface area contributed by atoms with Gasteiger partial charge in [-0.05, 0) is 68.8 Å². The Hall–Kier alpha value is -3.59. The van der Waals surface area contributed by atoms with Crippen molar-refractivity contribution >= 4 is 33.4 Å². The molecule has 194 valence electrons. The molecule has 1 aliphatic heterocycles. The minimum absolute atomic E-state index is 0.214. The second-order valence-electron chi connectivity index (χ2n) is 8.27. The zero-order valence-corrected chi connectivity index (χ0v) is 22.4. The van der Waals surface area contributed by atoms with E-state index < -0.39 is 17.8 Å². The summed E-state index contributed by atoms with van der Waals surface area (Å²) in [5.74, 6) is 0.0115. The largest absolute Gasteiger partial charge is 0.490 e. The van der Waals surface area contributed by atoms with Gasteiger partial charge in [0, 0.05) is 21.3 Å². The van der Waals surface area contributed by atoms with Crippen molar-refractivity contribution in [2.45, 2.75) is 26.8 Å². The van der Waals surface area contributed by atoms with Crippen molar-refractivity contribution in [1.82, 2.24) is 4.90 Å². The molecule has 0 radical (unpaired) electrons. The van der Waals surface area contributed by atoms with Gasteiger partial charge < -0.3 is 24.4 Å². The normalized spacial score (nSPS) is 14.9. The average Bonchev–Trinajstić information content (AvgIpc) is 3.01. The first kappa shape index (κ1) is 26.5. The summed E-state index contributed by atoms with van der Waals surface area (Å²) < 4.78 is 32.0. The molecule has 0 spiro atoms. The van der Waals surface area contributed by atoms with E-state index >= 15 is 0 Å². The first-order chi connectivity index (χ1) is 17.9. The number of carbonyl (C=O) groups is 2. The van der Waals surface area contributed by atoms with Crippen LogP contribution in [0.3, 0.4) is 0 Å². The molecule has 37 heavy (non-hydrogen) atoms. The van der Waals surface area contributed by atoms with Crippen molar-refractivity contribution in [3.63, 3.8) is 0 Å². The number of amides is 2. The van der Waals surface area contributed by atoms with Crippen molar-refractivity contribution in [2.75, 3.05) is 31.7 Å². The summed E-state index contributed by atoms with van der Waals surface area (Å²) in [4.78, 5) is 28.5. The number of carbonyl (C=O) groups excluding carboxylic acids is 2. The molecule has 0 saturated carbocycles. The Morgan fingerprint density at radius 2 is 1.59 bits per heavy atom. The second kappa shape index (κ2) is 11.6. The van der Waals surface area contributed by atoms with Gasteiger partial charge in [0.1, 0.15) is 12.4 Å². The van der Waals surface area contributed by atoms with Crippen molar-refractivity contribution in [2.24, 2.45) is 0 Å². The first-order valence-corrected chi connectivity index (χ1v) is 12.9.